The van der Waals surface area contributed by atoms with Crippen LogP contribution in [0.4, 0.5) is 0 Å². The number of hydrogen-bond donors (Lipinski definition) is 7. The van der Waals surface area contributed by atoms with Crippen LogP contribution in [-0.4, -0.2) is 75.3 Å². The predicted molar refractivity (Wildman–Crippen MR) is 60.2 cm³/mol. The summed E-state index contributed by atoms with van der Waals surface area (Å²) in [7, 11) is 0. The Hall–Kier alpha value is -1.34. The first-order valence-electron chi connectivity index (χ1n) is 5.51. The molecule has 20 heavy (non-hydrogen) atoms. The van der Waals surface area contributed by atoms with Gasteiger partial charge in [-0.3, -0.25) is 15.3 Å². The summed E-state index contributed by atoms with van der Waals surface area (Å²) in [5.41, 5.74) is 12.7. The van der Waals surface area contributed by atoms with Crippen LogP contribution in [0.3, 0.4) is 0 Å². The topological polar surface area (TPSA) is 212 Å². The number of ether oxygens (including phenoxy) is 2. The smallest absolute Gasteiger partial charge is 0.267 e. The van der Waals surface area contributed by atoms with Gasteiger partial charge in [0, 0.05) is 0 Å². The minimum atomic E-state index is -2.54. The van der Waals surface area contributed by atoms with Gasteiger partial charge in [0.15, 0.2) is 12.4 Å². The van der Waals surface area contributed by atoms with Gasteiger partial charge in [0.25, 0.3) is 5.91 Å². The van der Waals surface area contributed by atoms with Crippen LogP contribution in [-0.2, 0) is 19.1 Å². The second-order valence-corrected chi connectivity index (χ2v) is 4.28. The summed E-state index contributed by atoms with van der Waals surface area (Å²) in [6.07, 6.45) is -9.19. The second-order valence-electron chi connectivity index (χ2n) is 4.28. The highest BCUT2D eigenvalue weighted by Crippen LogP contribution is 2.27. The number of aliphatic hydroxyl groups is 4. The molecule has 0 aliphatic carbocycles. The fourth-order valence-corrected chi connectivity index (χ4v) is 1.61. The fraction of sp³-hybridized carbons (Fsp3) is 0.778. The van der Waals surface area contributed by atoms with Gasteiger partial charge in [-0.15, -0.1) is 0 Å². The summed E-state index contributed by atoms with van der Waals surface area (Å²) in [6.45, 7) is -0.839. The highest BCUT2D eigenvalue weighted by molar-refractivity contribution is 5.83. The zero-order chi connectivity index (χ0) is 15.7. The molecule has 6 atom stereocenters. The van der Waals surface area contributed by atoms with Crippen molar-refractivity contribution >= 4 is 11.8 Å². The maximum Gasteiger partial charge on any atom is 0.267 e. The molecule has 1 heterocycles. The van der Waals surface area contributed by atoms with Gasteiger partial charge < -0.3 is 41.4 Å². The number of primary amides is 2. The zero-order valence-electron chi connectivity index (χ0n) is 10.2. The summed E-state index contributed by atoms with van der Waals surface area (Å²) >= 11 is 0. The van der Waals surface area contributed by atoms with Crippen LogP contribution in [0.25, 0.3) is 0 Å². The largest absolute Gasteiger partial charge is 0.393 e. The molecule has 1 fully saturated rings. The number of hydrogen-bond acceptors (Lipinski definition) is 9. The van der Waals surface area contributed by atoms with E-state index in [9.17, 15) is 24.9 Å². The van der Waals surface area contributed by atoms with E-state index in [4.69, 9.17) is 31.8 Å². The van der Waals surface area contributed by atoms with Crippen molar-refractivity contribution < 1.29 is 39.5 Å². The summed E-state index contributed by atoms with van der Waals surface area (Å²) in [5, 5.41) is 37.7. The molecule has 0 aromatic heterocycles. The van der Waals surface area contributed by atoms with E-state index < -0.39 is 54.9 Å². The van der Waals surface area contributed by atoms with Crippen LogP contribution in [0.15, 0.2) is 0 Å². The molecule has 10 N–H and O–H groups in total. The second kappa shape index (κ2) is 5.97. The highest BCUT2D eigenvalue weighted by Gasteiger charge is 2.56. The van der Waals surface area contributed by atoms with Crippen LogP contribution in [0.5, 0.6) is 0 Å². The molecule has 1 saturated heterocycles. The van der Waals surface area contributed by atoms with Crippen LogP contribution in [0.1, 0.15) is 0 Å². The molecule has 0 saturated carbocycles. The fourth-order valence-electron chi connectivity index (χ4n) is 1.61. The third-order valence-electron chi connectivity index (χ3n) is 2.87. The van der Waals surface area contributed by atoms with Gasteiger partial charge in [-0.2, -0.15) is 0 Å². The number of aliphatic hydroxyl groups excluding tert-OH is 4. The molecule has 1 aliphatic heterocycles. The van der Waals surface area contributed by atoms with E-state index in [0.717, 1.165) is 0 Å². The number of amides is 2. The average molecular weight is 295 g/mol. The van der Waals surface area contributed by atoms with Crippen molar-refractivity contribution in [3.63, 3.8) is 0 Å². The Labute approximate surface area is 112 Å². The highest BCUT2D eigenvalue weighted by atomic mass is 16.7. The van der Waals surface area contributed by atoms with Crippen molar-refractivity contribution in [3.05, 3.63) is 0 Å². The van der Waals surface area contributed by atoms with Gasteiger partial charge in [-0.05, 0) is 0 Å². The van der Waals surface area contributed by atoms with E-state index in [2.05, 4.69) is 0 Å². The lowest BCUT2D eigenvalue weighted by Crippen LogP contribution is -2.73. The first-order valence-corrected chi connectivity index (χ1v) is 5.51. The molecule has 0 bridgehead atoms. The van der Waals surface area contributed by atoms with Gasteiger partial charge in [0.2, 0.25) is 11.6 Å². The molecule has 0 aromatic rings. The molecular formula is C9H17N3O8. The van der Waals surface area contributed by atoms with E-state index in [0.29, 0.717) is 0 Å². The van der Waals surface area contributed by atoms with Crippen LogP contribution >= 0.6 is 0 Å². The quantitative estimate of drug-likeness (QED) is 0.257. The lowest BCUT2D eigenvalue weighted by Gasteiger charge is -2.44. The van der Waals surface area contributed by atoms with E-state index in [1.165, 1.54) is 0 Å². The first kappa shape index (κ1) is 16.7. The molecule has 2 amide bonds. The Balaban J connectivity index is 2.96. The Kier molecular flexibility index (Phi) is 4.99. The lowest BCUT2D eigenvalue weighted by molar-refractivity contribution is -0.328. The summed E-state index contributed by atoms with van der Waals surface area (Å²) < 4.78 is 9.64. The van der Waals surface area contributed by atoms with E-state index in [-0.39, 0.29) is 0 Å². The van der Waals surface area contributed by atoms with Gasteiger partial charge >= 0.3 is 0 Å². The van der Waals surface area contributed by atoms with Crippen molar-refractivity contribution in [1.29, 1.82) is 0 Å². The van der Waals surface area contributed by atoms with Crippen molar-refractivity contribution in [2.75, 3.05) is 6.61 Å². The van der Waals surface area contributed by atoms with Crippen LogP contribution < -0.4 is 17.2 Å². The minimum Gasteiger partial charge on any atom is -0.393 e. The number of carbonyl (C=O) groups excluding carboxylic acids is 2. The third-order valence-corrected chi connectivity index (χ3v) is 2.87. The van der Waals surface area contributed by atoms with E-state index in [1.54, 1.807) is 0 Å². The molecular weight excluding hydrogens is 278 g/mol. The summed E-state index contributed by atoms with van der Waals surface area (Å²) in [6, 6.07) is 0. The molecule has 0 aromatic carbocycles. The van der Waals surface area contributed by atoms with Crippen molar-refractivity contribution in [2.45, 2.75) is 36.4 Å². The predicted octanol–water partition coefficient (Wildman–Crippen LogP) is -5.57. The van der Waals surface area contributed by atoms with Crippen LogP contribution in [0.2, 0.25) is 0 Å². The normalized spacial score (nSPS) is 39.2. The molecule has 1 aliphatic rings. The molecule has 11 heteroatoms. The lowest BCUT2D eigenvalue weighted by atomic mass is 9.93. The average Bonchev–Trinajstić information content (AvgIpc) is 2.38. The molecule has 116 valence electrons. The summed E-state index contributed by atoms with van der Waals surface area (Å²) in [4.78, 5) is 22.1. The van der Waals surface area contributed by atoms with Gasteiger partial charge in [0.1, 0.15) is 18.3 Å². The molecule has 0 radical (unpaired) electrons. The Morgan fingerprint density at radius 1 is 1.25 bits per heavy atom. The molecule has 1 rings (SSSR count). The Morgan fingerprint density at radius 3 is 2.20 bits per heavy atom. The van der Waals surface area contributed by atoms with E-state index in [1.807, 2.05) is 0 Å². The van der Waals surface area contributed by atoms with Gasteiger partial charge in [0.05, 0.1) is 6.61 Å². The Bertz CT molecular complexity index is 393. The molecule has 0 spiro atoms. The van der Waals surface area contributed by atoms with Gasteiger partial charge in [-0.25, -0.2) is 0 Å². The van der Waals surface area contributed by atoms with Crippen molar-refractivity contribution in [3.8, 4) is 0 Å². The Morgan fingerprint density at radius 2 is 1.80 bits per heavy atom. The number of nitrogens with two attached hydrogens (primary N) is 3. The zero-order valence-corrected chi connectivity index (χ0v) is 10.2. The van der Waals surface area contributed by atoms with Crippen molar-refractivity contribution in [2.24, 2.45) is 17.2 Å². The maximum absolute atomic E-state index is 11.2. The SMILES string of the molecule is NC(=O)C(CO)O[C@H]1OC(N)(C(N)=O)[C@@H](O)C(O)C1O. The van der Waals surface area contributed by atoms with E-state index >= 15 is 0 Å². The third kappa shape index (κ3) is 2.88. The van der Waals surface area contributed by atoms with Crippen molar-refractivity contribution in [1.82, 2.24) is 0 Å². The number of rotatable bonds is 5. The monoisotopic (exact) mass is 295 g/mol. The van der Waals surface area contributed by atoms with Crippen LogP contribution in [0, 0.1) is 0 Å². The maximum atomic E-state index is 11.2. The minimum absolute atomic E-state index is 0.839. The molecule has 4 unspecified atom stereocenters. The standard InChI is InChI=1S/C9H17N3O8/c10-6(17)2(1-13)19-7-4(15)3(14)5(16)9(12,20-7)8(11)18/h2-5,7,13-16H,1,12H2,(H2,10,17)(H2,11,18)/t2?,3?,4?,5-,7-,9?/m0/s1. The molecule has 11 nitrogen and oxygen atoms in total. The summed E-state index contributed by atoms with van der Waals surface area (Å²) in [5.74, 6) is -2.41. The van der Waals surface area contributed by atoms with Gasteiger partial charge in [-0.1, -0.05) is 0 Å². The first-order chi connectivity index (χ1) is 9.15. The number of carbonyl (C=O) groups is 2.